The van der Waals surface area contributed by atoms with Gasteiger partial charge in [0.15, 0.2) is 0 Å². The van der Waals surface area contributed by atoms with Gasteiger partial charge in [0.25, 0.3) is 0 Å². The van der Waals surface area contributed by atoms with Gasteiger partial charge in [0, 0.05) is 38.6 Å². The highest BCUT2D eigenvalue weighted by Crippen LogP contribution is 2.43. The molecule has 48 heavy (non-hydrogen) atoms. The molecule has 11 heteroatoms. The summed E-state index contributed by atoms with van der Waals surface area (Å²) in [6.07, 6.45) is 2.73. The molecule has 8 nitrogen and oxygen atoms in total. The van der Waals surface area contributed by atoms with E-state index in [4.69, 9.17) is 31.9 Å². The van der Waals surface area contributed by atoms with Crippen molar-refractivity contribution >= 4 is 49.7 Å². The summed E-state index contributed by atoms with van der Waals surface area (Å²) in [6.45, 7) is 4.11. The molecule has 0 fully saturated rings. The van der Waals surface area contributed by atoms with Crippen LogP contribution in [0.15, 0.2) is 124 Å². The molecule has 8 rings (SSSR count). The second-order valence-corrected chi connectivity index (χ2v) is 13.8. The van der Waals surface area contributed by atoms with Gasteiger partial charge < -0.3 is 0 Å². The summed E-state index contributed by atoms with van der Waals surface area (Å²) < 4.78 is 4.81. The van der Waals surface area contributed by atoms with E-state index in [2.05, 4.69) is 76.0 Å². The molecule has 7 aromatic rings. The molecular formula is C37H28BrClN8S. The SMILES string of the molecule is Cc1ccc(-n2nnc(-c3nn(-c4ccccc4)cc3C3CC(c4ccc(Cl)cc4)=NN3c3nc(-c4ccc(Br)cc4)cs3)c2C)cc1. The monoisotopic (exact) mass is 730 g/mol. The zero-order valence-electron chi connectivity index (χ0n) is 26.0. The van der Waals surface area contributed by atoms with Crippen molar-refractivity contribution in [1.29, 1.82) is 0 Å². The maximum absolute atomic E-state index is 6.27. The summed E-state index contributed by atoms with van der Waals surface area (Å²) in [5.41, 5.74) is 10.3. The molecule has 4 heterocycles. The van der Waals surface area contributed by atoms with Crippen molar-refractivity contribution in [3.05, 3.63) is 147 Å². The Labute approximate surface area is 295 Å². The van der Waals surface area contributed by atoms with Crippen molar-refractivity contribution < 1.29 is 0 Å². The first kappa shape index (κ1) is 30.4. The van der Waals surface area contributed by atoms with Crippen molar-refractivity contribution in [2.75, 3.05) is 5.01 Å². The number of anilines is 1. The summed E-state index contributed by atoms with van der Waals surface area (Å²) in [7, 11) is 0. The number of aryl methyl sites for hydroxylation is 1. The summed E-state index contributed by atoms with van der Waals surface area (Å²) in [5.74, 6) is 0. The first-order chi connectivity index (χ1) is 23.4. The van der Waals surface area contributed by atoms with E-state index >= 15 is 0 Å². The van der Waals surface area contributed by atoms with E-state index in [1.54, 1.807) is 11.3 Å². The van der Waals surface area contributed by atoms with E-state index < -0.39 is 0 Å². The van der Waals surface area contributed by atoms with Crippen molar-refractivity contribution in [2.24, 2.45) is 5.10 Å². The van der Waals surface area contributed by atoms with Gasteiger partial charge in [0.05, 0.1) is 34.5 Å². The molecular weight excluding hydrogens is 704 g/mol. The molecule has 0 radical (unpaired) electrons. The third kappa shape index (κ3) is 5.76. The highest BCUT2D eigenvalue weighted by molar-refractivity contribution is 9.10. The van der Waals surface area contributed by atoms with E-state index in [-0.39, 0.29) is 6.04 Å². The quantitative estimate of drug-likeness (QED) is 0.163. The molecule has 3 aromatic heterocycles. The fourth-order valence-corrected chi connectivity index (χ4v) is 7.10. The van der Waals surface area contributed by atoms with Crippen LogP contribution in [0, 0.1) is 13.8 Å². The predicted molar refractivity (Wildman–Crippen MR) is 196 cm³/mol. The summed E-state index contributed by atoms with van der Waals surface area (Å²) in [4.78, 5) is 5.09. The number of hydrazone groups is 1. The topological polar surface area (TPSA) is 77.0 Å². The number of thiazole rings is 1. The van der Waals surface area contributed by atoms with Gasteiger partial charge in [0.1, 0.15) is 11.4 Å². The Kier molecular flexibility index (Phi) is 7.99. The number of para-hydroxylation sites is 1. The molecule has 0 amide bonds. The van der Waals surface area contributed by atoms with Crippen LogP contribution in [-0.4, -0.2) is 35.5 Å². The Hall–Kier alpha value is -4.90. The Balaban J connectivity index is 1.26. The molecule has 0 bridgehead atoms. The minimum Gasteiger partial charge on any atom is -0.240 e. The van der Waals surface area contributed by atoms with Crippen molar-refractivity contribution in [2.45, 2.75) is 26.3 Å². The molecule has 0 spiro atoms. The van der Waals surface area contributed by atoms with E-state index in [1.807, 2.05) is 88.0 Å². The Bertz CT molecular complexity index is 2260. The maximum Gasteiger partial charge on any atom is 0.207 e. The number of nitrogens with zero attached hydrogens (tertiary/aromatic N) is 8. The van der Waals surface area contributed by atoms with E-state index in [0.29, 0.717) is 11.4 Å². The average Bonchev–Trinajstić information content (AvgIpc) is 3.92. The van der Waals surface area contributed by atoms with Crippen LogP contribution in [-0.2, 0) is 0 Å². The molecule has 1 unspecified atom stereocenters. The average molecular weight is 732 g/mol. The number of benzene rings is 4. The van der Waals surface area contributed by atoms with Crippen LogP contribution < -0.4 is 5.01 Å². The van der Waals surface area contributed by atoms with Gasteiger partial charge >= 0.3 is 0 Å². The minimum atomic E-state index is -0.212. The lowest BCUT2D eigenvalue weighted by Crippen LogP contribution is -2.18. The predicted octanol–water partition coefficient (Wildman–Crippen LogP) is 9.63. The molecule has 1 atom stereocenters. The molecule has 0 N–H and O–H groups in total. The number of aromatic nitrogens is 6. The highest BCUT2D eigenvalue weighted by Gasteiger charge is 2.36. The molecule has 236 valence electrons. The van der Waals surface area contributed by atoms with Gasteiger partial charge in [-0.05, 0) is 67.9 Å². The van der Waals surface area contributed by atoms with Crippen LogP contribution >= 0.6 is 38.9 Å². The van der Waals surface area contributed by atoms with Crippen molar-refractivity contribution in [1.82, 2.24) is 29.8 Å². The van der Waals surface area contributed by atoms with Gasteiger partial charge in [0.2, 0.25) is 5.13 Å². The Morgan fingerprint density at radius 2 is 1.54 bits per heavy atom. The normalized spacial score (nSPS) is 14.5. The summed E-state index contributed by atoms with van der Waals surface area (Å²) >= 11 is 11.4. The van der Waals surface area contributed by atoms with Crippen LogP contribution in [0.1, 0.15) is 34.8 Å². The largest absolute Gasteiger partial charge is 0.240 e. The zero-order chi connectivity index (χ0) is 32.8. The standard InChI is InChI=1S/C37H28BrClN8S/c1-23-8-18-30(19-9-23)46-24(2)35(41-44-46)36-31(21-45(43-36)29-6-4-3-5-7-29)34-20-32(25-12-16-28(39)17-13-25)42-47(34)37-40-33(22-48-37)26-10-14-27(38)15-11-26/h3-19,21-22,34H,20H2,1-2H3. The van der Waals surface area contributed by atoms with Crippen LogP contribution in [0.5, 0.6) is 0 Å². The smallest absolute Gasteiger partial charge is 0.207 e. The maximum atomic E-state index is 6.27. The molecule has 1 aliphatic rings. The number of halogens is 2. The Morgan fingerprint density at radius 3 is 2.29 bits per heavy atom. The zero-order valence-corrected chi connectivity index (χ0v) is 29.2. The summed E-state index contributed by atoms with van der Waals surface area (Å²) in [5, 5.41) is 25.2. The third-order valence-electron chi connectivity index (χ3n) is 8.44. The van der Waals surface area contributed by atoms with Gasteiger partial charge in [-0.15, -0.1) is 16.4 Å². The van der Waals surface area contributed by atoms with E-state index in [1.165, 1.54) is 5.56 Å². The highest BCUT2D eigenvalue weighted by atomic mass is 79.9. The molecule has 0 aliphatic carbocycles. The molecule has 1 aliphatic heterocycles. The number of rotatable bonds is 7. The van der Waals surface area contributed by atoms with Gasteiger partial charge in [-0.2, -0.15) is 10.2 Å². The van der Waals surface area contributed by atoms with Gasteiger partial charge in [-0.3, -0.25) is 0 Å². The number of hydrogen-bond acceptors (Lipinski definition) is 7. The lowest BCUT2D eigenvalue weighted by Gasteiger charge is -2.20. The van der Waals surface area contributed by atoms with Crippen LogP contribution in [0.3, 0.4) is 0 Å². The molecule has 4 aromatic carbocycles. The van der Waals surface area contributed by atoms with Crippen LogP contribution in [0.4, 0.5) is 5.13 Å². The first-order valence-electron chi connectivity index (χ1n) is 15.4. The summed E-state index contributed by atoms with van der Waals surface area (Å²) in [6, 6.07) is 34.2. The first-order valence-corrected chi connectivity index (χ1v) is 17.4. The second-order valence-electron chi connectivity index (χ2n) is 11.6. The Morgan fingerprint density at radius 1 is 0.812 bits per heavy atom. The van der Waals surface area contributed by atoms with Gasteiger partial charge in [-0.25, -0.2) is 19.4 Å². The van der Waals surface area contributed by atoms with Crippen molar-refractivity contribution in [3.63, 3.8) is 0 Å². The number of hydrogen-bond donors (Lipinski definition) is 0. The van der Waals surface area contributed by atoms with Crippen LogP contribution in [0.2, 0.25) is 5.02 Å². The fraction of sp³-hybridized carbons (Fsp3) is 0.108. The van der Waals surface area contributed by atoms with Gasteiger partial charge in [-0.1, -0.05) is 92.9 Å². The molecule has 0 saturated carbocycles. The fourth-order valence-electron chi connectivity index (χ4n) is 5.88. The van der Waals surface area contributed by atoms with Crippen molar-refractivity contribution in [3.8, 4) is 34.0 Å². The second kappa shape index (κ2) is 12.6. The van der Waals surface area contributed by atoms with E-state index in [9.17, 15) is 0 Å². The minimum absolute atomic E-state index is 0.212. The van der Waals surface area contributed by atoms with E-state index in [0.717, 1.165) is 66.2 Å². The lowest BCUT2D eigenvalue weighted by atomic mass is 9.97. The third-order valence-corrected chi connectivity index (χ3v) is 10.0. The van der Waals surface area contributed by atoms with Crippen LogP contribution in [0.25, 0.3) is 34.0 Å². The lowest BCUT2D eigenvalue weighted by molar-refractivity contribution is 0.707. The molecule has 0 saturated heterocycles.